The van der Waals surface area contributed by atoms with Gasteiger partial charge in [0.15, 0.2) is 0 Å². The number of imidazole rings is 1. The lowest BCUT2D eigenvalue weighted by atomic mass is 10.1. The Kier molecular flexibility index (Phi) is 1.74. The van der Waals surface area contributed by atoms with Crippen molar-refractivity contribution in [1.29, 1.82) is 0 Å². The summed E-state index contributed by atoms with van der Waals surface area (Å²) >= 11 is 0. The Morgan fingerprint density at radius 2 is 2.11 bits per heavy atom. The van der Waals surface area contributed by atoms with E-state index < -0.39 is 0 Å². The van der Waals surface area contributed by atoms with Gasteiger partial charge >= 0.3 is 0 Å². The highest BCUT2D eigenvalue weighted by molar-refractivity contribution is 5.92. The van der Waals surface area contributed by atoms with Crippen molar-refractivity contribution in [3.8, 4) is 11.1 Å². The highest BCUT2D eigenvalue weighted by Crippen LogP contribution is 2.26. The monoisotopic (exact) mass is 236 g/mol. The molecule has 86 valence electrons. The van der Waals surface area contributed by atoms with Crippen molar-refractivity contribution in [2.75, 3.05) is 0 Å². The van der Waals surface area contributed by atoms with Gasteiger partial charge in [0.25, 0.3) is 0 Å². The van der Waals surface area contributed by atoms with E-state index >= 15 is 0 Å². The maximum atomic E-state index is 4.30. The molecule has 1 N–H and O–H groups in total. The van der Waals surface area contributed by atoms with E-state index in [-0.39, 0.29) is 0 Å². The number of H-pyrrole nitrogens is 1. The number of rotatable bonds is 1. The van der Waals surface area contributed by atoms with Crippen molar-refractivity contribution in [3.63, 3.8) is 0 Å². The average molecular weight is 236 g/mol. The van der Waals surface area contributed by atoms with Crippen LogP contribution < -0.4 is 0 Å². The molecule has 0 atom stereocenters. The standard InChI is InChI=1S/C12H8N6/c1-2-18-6-8(3-16-12(18)14-1)9-5-15-11-10(9)4-13-7-17-11/h1-7H,(H,13,15,17). The Labute approximate surface area is 101 Å². The van der Waals surface area contributed by atoms with Crippen LogP contribution in [0.15, 0.2) is 43.5 Å². The first kappa shape index (κ1) is 9.29. The molecule has 0 saturated heterocycles. The number of nitrogens with zero attached hydrogens (tertiary/aromatic N) is 5. The molecule has 0 fully saturated rings. The molecule has 0 bridgehead atoms. The summed E-state index contributed by atoms with van der Waals surface area (Å²) < 4.78 is 1.89. The molecule has 4 heterocycles. The Morgan fingerprint density at radius 3 is 3.11 bits per heavy atom. The fourth-order valence-corrected chi connectivity index (χ4v) is 2.05. The summed E-state index contributed by atoms with van der Waals surface area (Å²) in [6.07, 6.45) is 12.6. The van der Waals surface area contributed by atoms with E-state index in [4.69, 9.17) is 0 Å². The molecule has 0 aromatic carbocycles. The first-order valence-corrected chi connectivity index (χ1v) is 5.48. The highest BCUT2D eigenvalue weighted by atomic mass is 15.1. The number of aromatic nitrogens is 6. The SMILES string of the molecule is c1ncc2c(-c3cnc4nccn4c3)c[nH]c2n1. The minimum absolute atomic E-state index is 0.690. The zero-order valence-corrected chi connectivity index (χ0v) is 9.28. The van der Waals surface area contributed by atoms with Crippen molar-refractivity contribution >= 4 is 16.8 Å². The maximum absolute atomic E-state index is 4.30. The van der Waals surface area contributed by atoms with Gasteiger partial charge in [-0.15, -0.1) is 0 Å². The van der Waals surface area contributed by atoms with E-state index in [1.807, 2.05) is 23.0 Å². The predicted molar refractivity (Wildman–Crippen MR) is 65.9 cm³/mol. The van der Waals surface area contributed by atoms with E-state index in [0.717, 1.165) is 22.2 Å². The minimum atomic E-state index is 0.690. The van der Waals surface area contributed by atoms with Gasteiger partial charge < -0.3 is 4.98 Å². The largest absolute Gasteiger partial charge is 0.345 e. The van der Waals surface area contributed by atoms with Crippen LogP contribution in [0.3, 0.4) is 0 Å². The van der Waals surface area contributed by atoms with Crippen LogP contribution in [-0.4, -0.2) is 29.3 Å². The van der Waals surface area contributed by atoms with Crippen molar-refractivity contribution in [1.82, 2.24) is 29.3 Å². The fraction of sp³-hybridized carbons (Fsp3) is 0. The van der Waals surface area contributed by atoms with Crippen molar-refractivity contribution < 1.29 is 0 Å². The molecule has 0 saturated carbocycles. The van der Waals surface area contributed by atoms with Gasteiger partial charge in [-0.3, -0.25) is 4.40 Å². The molecule has 0 spiro atoms. The van der Waals surface area contributed by atoms with Crippen molar-refractivity contribution in [2.24, 2.45) is 0 Å². The molecule has 0 unspecified atom stereocenters. The minimum Gasteiger partial charge on any atom is -0.345 e. The van der Waals surface area contributed by atoms with Crippen molar-refractivity contribution in [3.05, 3.63) is 43.5 Å². The fourth-order valence-electron chi connectivity index (χ4n) is 2.05. The maximum Gasteiger partial charge on any atom is 0.233 e. The zero-order chi connectivity index (χ0) is 11.9. The molecule has 4 aromatic heterocycles. The molecule has 0 aliphatic carbocycles. The van der Waals surface area contributed by atoms with Crippen LogP contribution >= 0.6 is 0 Å². The Bertz CT molecular complexity index is 844. The van der Waals surface area contributed by atoms with Crippen LogP contribution in [0.5, 0.6) is 0 Å². The van der Waals surface area contributed by atoms with Gasteiger partial charge in [-0.25, -0.2) is 19.9 Å². The van der Waals surface area contributed by atoms with Crippen LogP contribution in [0.1, 0.15) is 0 Å². The quantitative estimate of drug-likeness (QED) is 0.545. The molecular formula is C12H8N6. The lowest BCUT2D eigenvalue weighted by Gasteiger charge is -1.99. The van der Waals surface area contributed by atoms with Gasteiger partial charge in [-0.05, 0) is 0 Å². The number of hydrogen-bond donors (Lipinski definition) is 1. The second-order valence-electron chi connectivity index (χ2n) is 3.96. The highest BCUT2D eigenvalue weighted by Gasteiger charge is 2.08. The van der Waals surface area contributed by atoms with Gasteiger partial charge in [0.05, 0.1) is 0 Å². The molecule has 6 nitrogen and oxygen atoms in total. The van der Waals surface area contributed by atoms with E-state index in [1.165, 1.54) is 6.33 Å². The normalized spacial score (nSPS) is 11.3. The molecule has 4 rings (SSSR count). The Balaban J connectivity index is 2.00. The molecule has 0 radical (unpaired) electrons. The van der Waals surface area contributed by atoms with E-state index in [1.54, 1.807) is 18.6 Å². The first-order chi connectivity index (χ1) is 8.92. The van der Waals surface area contributed by atoms with Gasteiger partial charge in [-0.1, -0.05) is 0 Å². The molecular weight excluding hydrogens is 228 g/mol. The van der Waals surface area contributed by atoms with Gasteiger partial charge in [-0.2, -0.15) is 0 Å². The third-order valence-corrected chi connectivity index (χ3v) is 2.91. The molecule has 4 aromatic rings. The van der Waals surface area contributed by atoms with Crippen LogP contribution in [0.25, 0.3) is 27.9 Å². The van der Waals surface area contributed by atoms with E-state index in [0.29, 0.717) is 5.78 Å². The van der Waals surface area contributed by atoms with Gasteiger partial charge in [0.1, 0.15) is 12.0 Å². The Hall–Kier alpha value is -2.76. The summed E-state index contributed by atoms with van der Waals surface area (Å²) in [6.45, 7) is 0. The summed E-state index contributed by atoms with van der Waals surface area (Å²) in [5, 5.41) is 0.985. The Morgan fingerprint density at radius 1 is 1.11 bits per heavy atom. The van der Waals surface area contributed by atoms with Crippen LogP contribution in [0.2, 0.25) is 0 Å². The molecule has 18 heavy (non-hydrogen) atoms. The average Bonchev–Trinajstić information content (AvgIpc) is 3.04. The van der Waals surface area contributed by atoms with Gasteiger partial charge in [0.2, 0.25) is 5.78 Å². The topological polar surface area (TPSA) is 71.8 Å². The number of aromatic amines is 1. The summed E-state index contributed by atoms with van der Waals surface area (Å²) in [6, 6.07) is 0. The number of hydrogen-bond acceptors (Lipinski definition) is 4. The summed E-state index contributed by atoms with van der Waals surface area (Å²) in [4.78, 5) is 19.8. The smallest absolute Gasteiger partial charge is 0.233 e. The summed E-state index contributed by atoms with van der Waals surface area (Å²) in [7, 11) is 0. The lowest BCUT2D eigenvalue weighted by molar-refractivity contribution is 1.11. The lowest BCUT2D eigenvalue weighted by Crippen LogP contribution is -1.89. The van der Waals surface area contributed by atoms with E-state index in [2.05, 4.69) is 24.9 Å². The zero-order valence-electron chi connectivity index (χ0n) is 9.28. The second-order valence-corrected chi connectivity index (χ2v) is 3.96. The number of nitrogens with one attached hydrogen (secondary N) is 1. The van der Waals surface area contributed by atoms with Crippen LogP contribution in [0.4, 0.5) is 0 Å². The molecule has 0 aliphatic rings. The second kappa shape index (κ2) is 3.36. The first-order valence-electron chi connectivity index (χ1n) is 5.48. The third-order valence-electron chi connectivity index (χ3n) is 2.91. The van der Waals surface area contributed by atoms with Gasteiger partial charge in [0, 0.05) is 53.7 Å². The number of fused-ring (bicyclic) bond motifs is 2. The van der Waals surface area contributed by atoms with E-state index in [9.17, 15) is 0 Å². The molecule has 6 heteroatoms. The predicted octanol–water partition coefficient (Wildman–Crippen LogP) is 1.67. The van der Waals surface area contributed by atoms with Crippen molar-refractivity contribution in [2.45, 2.75) is 0 Å². The summed E-state index contributed by atoms with van der Waals surface area (Å²) in [5.41, 5.74) is 2.86. The van der Waals surface area contributed by atoms with Crippen LogP contribution in [0, 0.1) is 0 Å². The molecule has 0 aliphatic heterocycles. The third kappa shape index (κ3) is 1.22. The summed E-state index contributed by atoms with van der Waals surface area (Å²) in [5.74, 6) is 0.690. The van der Waals surface area contributed by atoms with Crippen LogP contribution in [-0.2, 0) is 0 Å². The molecule has 0 amide bonds.